The van der Waals surface area contributed by atoms with E-state index in [1.165, 1.54) is 10.4 Å². The molecular formula is C15H22N2O5S. The summed E-state index contributed by atoms with van der Waals surface area (Å²) in [5.74, 6) is -0.378. The van der Waals surface area contributed by atoms with Gasteiger partial charge >= 0.3 is 0 Å². The molecule has 1 amide bonds. The molecule has 1 aliphatic rings. The average Bonchev–Trinajstić information content (AvgIpc) is 2.56. The van der Waals surface area contributed by atoms with E-state index in [-0.39, 0.29) is 16.5 Å². The quantitative estimate of drug-likeness (QED) is 0.836. The van der Waals surface area contributed by atoms with Crippen molar-refractivity contribution in [3.05, 3.63) is 24.3 Å². The maximum absolute atomic E-state index is 12.8. The largest absolute Gasteiger partial charge is 0.379 e. The number of nitrogens with one attached hydrogen (secondary N) is 1. The van der Waals surface area contributed by atoms with Gasteiger partial charge in [-0.2, -0.15) is 4.31 Å². The van der Waals surface area contributed by atoms with Crippen molar-refractivity contribution in [2.75, 3.05) is 38.2 Å². The molecule has 1 heterocycles. The molecule has 0 radical (unpaired) electrons. The van der Waals surface area contributed by atoms with Crippen LogP contribution in [-0.2, 0) is 24.3 Å². The second-order valence-corrected chi connectivity index (χ2v) is 7.01. The predicted molar refractivity (Wildman–Crippen MR) is 85.7 cm³/mol. The fourth-order valence-electron chi connectivity index (χ4n) is 2.28. The standard InChI is InChI=1S/C15H22N2O5S/c1-3-22-12(2)15(18)16-13-6-4-5-7-14(13)23(19,20)17-8-10-21-11-9-17/h4-7,12H,3,8-11H2,1-2H3,(H,16,18). The molecule has 0 spiro atoms. The smallest absolute Gasteiger partial charge is 0.253 e. The highest BCUT2D eigenvalue weighted by atomic mass is 32.2. The van der Waals surface area contributed by atoms with E-state index in [4.69, 9.17) is 9.47 Å². The van der Waals surface area contributed by atoms with Gasteiger partial charge in [0.15, 0.2) is 0 Å². The highest BCUT2D eigenvalue weighted by Crippen LogP contribution is 2.25. The Bertz CT molecular complexity index is 641. The monoisotopic (exact) mass is 342 g/mol. The van der Waals surface area contributed by atoms with Crippen LogP contribution in [0.15, 0.2) is 29.2 Å². The molecule has 2 rings (SSSR count). The number of hydrogen-bond acceptors (Lipinski definition) is 5. The summed E-state index contributed by atoms with van der Waals surface area (Å²) >= 11 is 0. The molecule has 1 saturated heterocycles. The van der Waals surface area contributed by atoms with Crippen LogP contribution < -0.4 is 5.32 Å². The van der Waals surface area contributed by atoms with Crippen LogP contribution >= 0.6 is 0 Å². The number of carbonyl (C=O) groups is 1. The van der Waals surface area contributed by atoms with Crippen molar-refractivity contribution in [2.24, 2.45) is 0 Å². The zero-order chi connectivity index (χ0) is 16.9. The molecule has 7 nitrogen and oxygen atoms in total. The summed E-state index contributed by atoms with van der Waals surface area (Å²) in [5.41, 5.74) is 0.260. The Morgan fingerprint density at radius 1 is 1.35 bits per heavy atom. The summed E-state index contributed by atoms with van der Waals surface area (Å²) in [6, 6.07) is 6.38. The number of sulfonamides is 1. The lowest BCUT2D eigenvalue weighted by Crippen LogP contribution is -2.41. The van der Waals surface area contributed by atoms with Gasteiger partial charge in [0.05, 0.1) is 18.9 Å². The third-order valence-electron chi connectivity index (χ3n) is 3.52. The third-order valence-corrected chi connectivity index (χ3v) is 5.48. The van der Waals surface area contributed by atoms with Gasteiger partial charge in [0, 0.05) is 19.7 Å². The highest BCUT2D eigenvalue weighted by molar-refractivity contribution is 7.89. The van der Waals surface area contributed by atoms with Crippen molar-refractivity contribution in [1.29, 1.82) is 0 Å². The molecule has 1 unspecified atom stereocenters. The van der Waals surface area contributed by atoms with Gasteiger partial charge in [-0.1, -0.05) is 12.1 Å². The fourth-order valence-corrected chi connectivity index (χ4v) is 3.84. The van der Waals surface area contributed by atoms with Crippen molar-refractivity contribution in [3.63, 3.8) is 0 Å². The van der Waals surface area contributed by atoms with Gasteiger partial charge < -0.3 is 14.8 Å². The number of amides is 1. The second-order valence-electron chi connectivity index (χ2n) is 5.10. The Morgan fingerprint density at radius 3 is 2.65 bits per heavy atom. The van der Waals surface area contributed by atoms with Crippen LogP contribution in [0.2, 0.25) is 0 Å². The number of hydrogen-bond donors (Lipinski definition) is 1. The maximum atomic E-state index is 12.8. The summed E-state index contributed by atoms with van der Waals surface area (Å²) in [6.45, 7) is 5.17. The van der Waals surface area contributed by atoms with E-state index in [1.807, 2.05) is 0 Å². The number of ether oxygens (including phenoxy) is 2. The van der Waals surface area contributed by atoms with E-state index in [1.54, 1.807) is 32.0 Å². The van der Waals surface area contributed by atoms with Crippen molar-refractivity contribution in [1.82, 2.24) is 4.31 Å². The van der Waals surface area contributed by atoms with Crippen molar-refractivity contribution in [2.45, 2.75) is 24.8 Å². The first-order chi connectivity index (χ1) is 11.0. The van der Waals surface area contributed by atoms with Crippen LogP contribution in [0.3, 0.4) is 0 Å². The molecule has 0 aromatic heterocycles. The number of nitrogens with zero attached hydrogens (tertiary/aromatic N) is 1. The SMILES string of the molecule is CCOC(C)C(=O)Nc1ccccc1S(=O)(=O)N1CCOCC1. The zero-order valence-corrected chi connectivity index (χ0v) is 14.1. The normalized spacial score (nSPS) is 17.7. The van der Waals surface area contributed by atoms with Crippen molar-refractivity contribution >= 4 is 21.6 Å². The van der Waals surface area contributed by atoms with Crippen molar-refractivity contribution in [3.8, 4) is 0 Å². The number of carbonyl (C=O) groups excluding carboxylic acids is 1. The summed E-state index contributed by atoms with van der Waals surface area (Å²) in [6.07, 6.45) is -0.654. The van der Waals surface area contributed by atoms with E-state index in [2.05, 4.69) is 5.32 Å². The van der Waals surface area contributed by atoms with Gasteiger partial charge in [0.25, 0.3) is 5.91 Å². The lowest BCUT2D eigenvalue weighted by molar-refractivity contribution is -0.126. The van der Waals surface area contributed by atoms with Gasteiger partial charge in [-0.15, -0.1) is 0 Å². The minimum Gasteiger partial charge on any atom is -0.379 e. The first-order valence-corrected chi connectivity index (χ1v) is 9.00. The van der Waals surface area contributed by atoms with Crippen LogP contribution in [0.25, 0.3) is 0 Å². The zero-order valence-electron chi connectivity index (χ0n) is 13.3. The summed E-state index contributed by atoms with van der Waals surface area (Å²) < 4.78 is 37.3. The highest BCUT2D eigenvalue weighted by Gasteiger charge is 2.29. The van der Waals surface area contributed by atoms with Crippen LogP contribution in [0.5, 0.6) is 0 Å². The van der Waals surface area contributed by atoms with E-state index < -0.39 is 16.1 Å². The molecule has 1 aliphatic heterocycles. The Morgan fingerprint density at radius 2 is 2.00 bits per heavy atom. The molecule has 8 heteroatoms. The van der Waals surface area contributed by atoms with E-state index >= 15 is 0 Å². The topological polar surface area (TPSA) is 84.9 Å². The summed E-state index contributed by atoms with van der Waals surface area (Å²) in [4.78, 5) is 12.2. The average molecular weight is 342 g/mol. The van der Waals surface area contributed by atoms with Crippen LogP contribution in [-0.4, -0.2) is 57.6 Å². The Labute approximate surface area is 136 Å². The molecule has 128 valence electrons. The first kappa shape index (κ1) is 17.9. The molecule has 1 aromatic rings. The number of morpholine rings is 1. The van der Waals surface area contributed by atoms with Gasteiger partial charge in [-0.05, 0) is 26.0 Å². The minimum absolute atomic E-state index is 0.0824. The Kier molecular flexibility index (Phi) is 6.11. The number of para-hydroxylation sites is 1. The van der Waals surface area contributed by atoms with E-state index in [0.717, 1.165) is 0 Å². The molecule has 0 bridgehead atoms. The molecule has 1 aromatic carbocycles. The third kappa shape index (κ3) is 4.29. The minimum atomic E-state index is -3.68. The Balaban J connectivity index is 2.24. The van der Waals surface area contributed by atoms with Gasteiger partial charge in [0.2, 0.25) is 10.0 Å². The van der Waals surface area contributed by atoms with Gasteiger partial charge in [-0.3, -0.25) is 4.79 Å². The van der Waals surface area contributed by atoms with Gasteiger partial charge in [0.1, 0.15) is 11.0 Å². The fraction of sp³-hybridized carbons (Fsp3) is 0.533. The van der Waals surface area contributed by atoms with E-state index in [9.17, 15) is 13.2 Å². The molecule has 1 atom stereocenters. The molecule has 1 N–H and O–H groups in total. The molecule has 23 heavy (non-hydrogen) atoms. The molecule has 1 fully saturated rings. The van der Waals surface area contributed by atoms with E-state index in [0.29, 0.717) is 32.9 Å². The van der Waals surface area contributed by atoms with Crippen LogP contribution in [0.4, 0.5) is 5.69 Å². The second kappa shape index (κ2) is 7.87. The number of benzene rings is 1. The molecular weight excluding hydrogens is 320 g/mol. The first-order valence-electron chi connectivity index (χ1n) is 7.56. The lowest BCUT2D eigenvalue weighted by atomic mass is 10.3. The molecule has 0 aliphatic carbocycles. The Hall–Kier alpha value is -1.48. The van der Waals surface area contributed by atoms with Crippen LogP contribution in [0.1, 0.15) is 13.8 Å². The van der Waals surface area contributed by atoms with Crippen LogP contribution in [0, 0.1) is 0 Å². The van der Waals surface area contributed by atoms with Gasteiger partial charge in [-0.25, -0.2) is 8.42 Å². The lowest BCUT2D eigenvalue weighted by Gasteiger charge is -2.27. The summed E-state index contributed by atoms with van der Waals surface area (Å²) in [7, 11) is -3.68. The predicted octanol–water partition coefficient (Wildman–Crippen LogP) is 1.07. The molecule has 0 saturated carbocycles. The number of anilines is 1. The maximum Gasteiger partial charge on any atom is 0.253 e. The number of rotatable bonds is 6. The van der Waals surface area contributed by atoms with Crippen molar-refractivity contribution < 1.29 is 22.7 Å². The summed E-state index contributed by atoms with van der Waals surface area (Å²) in [5, 5.41) is 2.64.